The van der Waals surface area contributed by atoms with Crippen molar-refractivity contribution < 1.29 is 19.1 Å². The van der Waals surface area contributed by atoms with Gasteiger partial charge < -0.3 is 30.7 Å². The van der Waals surface area contributed by atoms with E-state index in [1.807, 2.05) is 12.1 Å². The van der Waals surface area contributed by atoms with Crippen LogP contribution in [0.15, 0.2) is 54.6 Å². The van der Waals surface area contributed by atoms with Gasteiger partial charge in [-0.3, -0.25) is 4.79 Å². The number of fused-ring (bicyclic) bond motifs is 1. The summed E-state index contributed by atoms with van der Waals surface area (Å²) < 4.78 is 10.5. The third-order valence-electron chi connectivity index (χ3n) is 5.88. The number of rotatable bonds is 7. The summed E-state index contributed by atoms with van der Waals surface area (Å²) in [6.07, 6.45) is 0.309. The number of halogens is 2. The van der Waals surface area contributed by atoms with Gasteiger partial charge in [0.05, 0.1) is 20.3 Å². The predicted molar refractivity (Wildman–Crippen MR) is 141 cm³/mol. The number of anilines is 2. The van der Waals surface area contributed by atoms with Gasteiger partial charge >= 0.3 is 6.03 Å². The van der Waals surface area contributed by atoms with Gasteiger partial charge in [0.25, 0.3) is 0 Å². The van der Waals surface area contributed by atoms with Crippen molar-refractivity contribution in [2.75, 3.05) is 24.9 Å². The van der Waals surface area contributed by atoms with E-state index < -0.39 is 12.1 Å². The lowest BCUT2D eigenvalue weighted by Crippen LogP contribution is -2.42. The molecule has 0 saturated heterocycles. The molecular formula is C26H26Cl2N4O4. The molecule has 36 heavy (non-hydrogen) atoms. The average Bonchev–Trinajstić information content (AvgIpc) is 3.28. The van der Waals surface area contributed by atoms with Crippen molar-refractivity contribution in [2.24, 2.45) is 5.73 Å². The fraction of sp³-hybridized carbons (Fsp3) is 0.231. The van der Waals surface area contributed by atoms with E-state index in [1.54, 1.807) is 47.4 Å². The van der Waals surface area contributed by atoms with E-state index in [0.717, 1.165) is 16.7 Å². The topological polar surface area (TPSA) is 106 Å². The summed E-state index contributed by atoms with van der Waals surface area (Å²) in [4.78, 5) is 27.3. The molecule has 4 rings (SSSR count). The Balaban J connectivity index is 1.37. The Labute approximate surface area is 219 Å². The van der Waals surface area contributed by atoms with Crippen LogP contribution in [0.1, 0.15) is 16.7 Å². The molecule has 0 radical (unpaired) electrons. The second kappa shape index (κ2) is 11.1. The minimum atomic E-state index is -0.735. The first-order chi connectivity index (χ1) is 17.2. The van der Waals surface area contributed by atoms with E-state index in [-0.39, 0.29) is 5.91 Å². The molecule has 1 atom stereocenters. The number of nitrogens with one attached hydrogen (secondary N) is 2. The average molecular weight is 529 g/mol. The minimum Gasteiger partial charge on any atom is -0.497 e. The quantitative estimate of drug-likeness (QED) is 0.397. The van der Waals surface area contributed by atoms with E-state index in [4.69, 9.17) is 38.4 Å². The van der Waals surface area contributed by atoms with Gasteiger partial charge in [-0.2, -0.15) is 0 Å². The van der Waals surface area contributed by atoms with Crippen LogP contribution in [0.4, 0.5) is 16.2 Å². The maximum absolute atomic E-state index is 13.0. The Morgan fingerprint density at radius 3 is 2.25 bits per heavy atom. The van der Waals surface area contributed by atoms with E-state index >= 15 is 0 Å². The Bertz CT molecular complexity index is 1280. The van der Waals surface area contributed by atoms with E-state index in [1.165, 1.54) is 14.2 Å². The van der Waals surface area contributed by atoms with Crippen molar-refractivity contribution in [3.05, 3.63) is 81.3 Å². The number of nitrogens with two attached hydrogens (primary N) is 1. The molecule has 0 bridgehead atoms. The van der Waals surface area contributed by atoms with Crippen LogP contribution in [0.5, 0.6) is 11.5 Å². The zero-order valence-electron chi connectivity index (χ0n) is 19.8. The second-order valence-corrected chi connectivity index (χ2v) is 9.25. The van der Waals surface area contributed by atoms with E-state index in [2.05, 4.69) is 10.6 Å². The monoisotopic (exact) mass is 528 g/mol. The lowest BCUT2D eigenvalue weighted by Gasteiger charge is -2.20. The van der Waals surface area contributed by atoms with Crippen LogP contribution >= 0.6 is 23.2 Å². The van der Waals surface area contributed by atoms with Crippen LogP contribution in [0, 0.1) is 0 Å². The van der Waals surface area contributed by atoms with Gasteiger partial charge in [-0.15, -0.1) is 0 Å². The molecule has 0 fully saturated rings. The lowest BCUT2D eigenvalue weighted by atomic mass is 10.1. The van der Waals surface area contributed by atoms with Crippen LogP contribution in [-0.2, 0) is 24.3 Å². The molecule has 0 spiro atoms. The molecular weight excluding hydrogens is 503 g/mol. The van der Waals surface area contributed by atoms with Crippen molar-refractivity contribution >= 4 is 46.5 Å². The summed E-state index contributed by atoms with van der Waals surface area (Å²) in [5.41, 5.74) is 10.1. The molecule has 8 nitrogen and oxygen atoms in total. The minimum absolute atomic E-state index is 0.170. The second-order valence-electron chi connectivity index (χ2n) is 8.40. The SMILES string of the molecule is COc1cc(NC(=O)Nc2ccc3c(c2)CN(C(=O)[C@H](N)Cc2ccc(Cl)cc2Cl)C3)cc(OC)c1. The number of hydrogen-bond donors (Lipinski definition) is 3. The first kappa shape index (κ1) is 25.6. The molecule has 0 aromatic heterocycles. The first-order valence-electron chi connectivity index (χ1n) is 11.2. The summed E-state index contributed by atoms with van der Waals surface area (Å²) in [7, 11) is 3.08. The summed E-state index contributed by atoms with van der Waals surface area (Å²) in [5, 5.41) is 6.60. The summed E-state index contributed by atoms with van der Waals surface area (Å²) in [5.74, 6) is 0.948. The van der Waals surface area contributed by atoms with Gasteiger partial charge in [0, 0.05) is 52.7 Å². The normalized spacial score (nSPS) is 13.1. The molecule has 1 aliphatic rings. The van der Waals surface area contributed by atoms with Gasteiger partial charge in [0.15, 0.2) is 0 Å². The lowest BCUT2D eigenvalue weighted by molar-refractivity contribution is -0.133. The maximum atomic E-state index is 13.0. The number of carbonyl (C=O) groups excluding carboxylic acids is 2. The van der Waals surface area contributed by atoms with Gasteiger partial charge in [-0.05, 0) is 47.4 Å². The fourth-order valence-corrected chi connectivity index (χ4v) is 4.53. The van der Waals surface area contributed by atoms with Gasteiger partial charge in [-0.1, -0.05) is 35.3 Å². The number of methoxy groups -OCH3 is 2. The third-order valence-corrected chi connectivity index (χ3v) is 6.47. The number of benzene rings is 3. The third kappa shape index (κ3) is 6.02. The van der Waals surface area contributed by atoms with Gasteiger partial charge in [0.2, 0.25) is 5.91 Å². The predicted octanol–water partition coefficient (Wildman–Crippen LogP) is 5.07. The van der Waals surface area contributed by atoms with Crippen LogP contribution < -0.4 is 25.8 Å². The Morgan fingerprint density at radius 2 is 1.58 bits per heavy atom. The summed E-state index contributed by atoms with van der Waals surface area (Å²) >= 11 is 12.2. The van der Waals surface area contributed by atoms with Crippen molar-refractivity contribution in [2.45, 2.75) is 25.6 Å². The van der Waals surface area contributed by atoms with Gasteiger partial charge in [0.1, 0.15) is 11.5 Å². The zero-order chi connectivity index (χ0) is 25.8. The number of urea groups is 1. The van der Waals surface area contributed by atoms with Crippen LogP contribution in [-0.4, -0.2) is 37.1 Å². The molecule has 1 heterocycles. The number of carbonyl (C=O) groups is 2. The zero-order valence-corrected chi connectivity index (χ0v) is 21.3. The van der Waals surface area contributed by atoms with Crippen LogP contribution in [0.3, 0.4) is 0 Å². The van der Waals surface area contributed by atoms with Crippen molar-refractivity contribution in [1.82, 2.24) is 4.90 Å². The molecule has 0 aliphatic carbocycles. The van der Waals surface area contributed by atoms with Gasteiger partial charge in [-0.25, -0.2) is 4.79 Å². The highest BCUT2D eigenvalue weighted by atomic mass is 35.5. The summed E-state index contributed by atoms with van der Waals surface area (Å²) in [6, 6.07) is 14.6. The van der Waals surface area contributed by atoms with Crippen LogP contribution in [0.2, 0.25) is 10.0 Å². The van der Waals surface area contributed by atoms with Crippen LogP contribution in [0.25, 0.3) is 0 Å². The standard InChI is InChI=1S/C26H26Cl2N4O4/c1-35-21-10-20(11-22(12-21)36-2)31-26(34)30-19-6-4-16-13-32(14-17(16)7-19)25(33)24(29)8-15-3-5-18(27)9-23(15)28/h3-7,9-12,24H,8,13-14,29H2,1-2H3,(H2,30,31,34)/t24-/m1/s1. The smallest absolute Gasteiger partial charge is 0.323 e. The number of ether oxygens (including phenoxy) is 2. The molecule has 4 N–H and O–H groups in total. The van der Waals surface area contributed by atoms with E-state index in [9.17, 15) is 9.59 Å². The largest absolute Gasteiger partial charge is 0.497 e. The van der Waals surface area contributed by atoms with Crippen molar-refractivity contribution in [3.63, 3.8) is 0 Å². The Hall–Kier alpha value is -3.46. The maximum Gasteiger partial charge on any atom is 0.323 e. The number of hydrogen-bond acceptors (Lipinski definition) is 5. The highest BCUT2D eigenvalue weighted by Crippen LogP contribution is 2.29. The number of nitrogens with zero attached hydrogens (tertiary/aromatic N) is 1. The molecule has 3 aromatic carbocycles. The first-order valence-corrected chi connectivity index (χ1v) is 11.9. The number of amides is 3. The molecule has 1 aliphatic heterocycles. The summed E-state index contributed by atoms with van der Waals surface area (Å²) in [6.45, 7) is 0.854. The molecule has 0 unspecified atom stereocenters. The van der Waals surface area contributed by atoms with Crippen molar-refractivity contribution in [3.8, 4) is 11.5 Å². The van der Waals surface area contributed by atoms with Crippen molar-refractivity contribution in [1.29, 1.82) is 0 Å². The molecule has 0 saturated carbocycles. The fourth-order valence-electron chi connectivity index (χ4n) is 4.05. The highest BCUT2D eigenvalue weighted by molar-refractivity contribution is 6.35. The Morgan fingerprint density at radius 1 is 0.917 bits per heavy atom. The van der Waals surface area contributed by atoms with E-state index in [0.29, 0.717) is 52.4 Å². The molecule has 3 amide bonds. The highest BCUT2D eigenvalue weighted by Gasteiger charge is 2.28. The molecule has 3 aromatic rings. The Kier molecular flexibility index (Phi) is 7.88. The molecule has 10 heteroatoms. The molecule has 188 valence electrons.